The third kappa shape index (κ3) is 3.78. The molecule has 0 bridgehead atoms. The fourth-order valence-corrected chi connectivity index (χ4v) is 3.12. The Labute approximate surface area is 143 Å². The predicted molar refractivity (Wildman–Crippen MR) is 86.3 cm³/mol. The van der Waals surface area contributed by atoms with E-state index in [4.69, 9.17) is 21.4 Å². The molecule has 0 saturated carbocycles. The minimum absolute atomic E-state index is 0.00808. The number of halogens is 2. The highest BCUT2D eigenvalue weighted by atomic mass is 35.5. The molecule has 1 amide bonds. The fourth-order valence-electron chi connectivity index (χ4n) is 2.95. The molecular formula is C14H19ClFN5O3. The van der Waals surface area contributed by atoms with Gasteiger partial charge in [0.25, 0.3) is 0 Å². The van der Waals surface area contributed by atoms with Crippen LogP contribution in [0.25, 0.3) is 0 Å². The summed E-state index contributed by atoms with van der Waals surface area (Å²) < 4.78 is 20.0. The average molecular weight is 360 g/mol. The summed E-state index contributed by atoms with van der Waals surface area (Å²) in [6.07, 6.45) is 0.468. The summed E-state index contributed by atoms with van der Waals surface area (Å²) in [7, 11) is 0. The van der Waals surface area contributed by atoms with E-state index in [9.17, 15) is 9.18 Å². The molecule has 0 radical (unpaired) electrons. The zero-order chi connectivity index (χ0) is 17.1. The lowest BCUT2D eigenvalue weighted by Gasteiger charge is -2.32. The highest BCUT2D eigenvalue weighted by molar-refractivity contribution is 6.28. The number of aromatic nitrogens is 2. The van der Waals surface area contributed by atoms with E-state index in [1.165, 1.54) is 4.90 Å². The molecule has 10 heteroatoms. The normalized spacial score (nSPS) is 21.7. The topological polar surface area (TPSA) is 90.8 Å². The minimum atomic E-state index is -0.975. The standard InChI is InChI=1S/C14H19ClFN5O3/c15-13-18-11(17-9-2-1-3-21(8-9)14(22)23)10(16)12(19-13)20-4-6-24-7-5-20/h9H,1-8H2,(H,22,23)(H,17,18,19). The second-order valence-corrected chi connectivity index (χ2v) is 6.13. The van der Waals surface area contributed by atoms with E-state index in [2.05, 4.69) is 15.3 Å². The van der Waals surface area contributed by atoms with Crippen molar-refractivity contribution < 1.29 is 19.0 Å². The number of hydrogen-bond acceptors (Lipinski definition) is 6. The van der Waals surface area contributed by atoms with E-state index in [-0.39, 0.29) is 29.5 Å². The zero-order valence-electron chi connectivity index (χ0n) is 13.0. The van der Waals surface area contributed by atoms with Gasteiger partial charge in [-0.3, -0.25) is 0 Å². The lowest BCUT2D eigenvalue weighted by Crippen LogP contribution is -2.44. The van der Waals surface area contributed by atoms with Crippen LogP contribution in [0.15, 0.2) is 0 Å². The van der Waals surface area contributed by atoms with Crippen LogP contribution < -0.4 is 10.2 Å². The van der Waals surface area contributed by atoms with Crippen LogP contribution in [0.4, 0.5) is 20.8 Å². The largest absolute Gasteiger partial charge is 0.465 e. The quantitative estimate of drug-likeness (QED) is 0.793. The Morgan fingerprint density at radius 2 is 2.08 bits per heavy atom. The average Bonchev–Trinajstić information content (AvgIpc) is 2.59. The maximum absolute atomic E-state index is 14.8. The number of hydrogen-bond donors (Lipinski definition) is 2. The van der Waals surface area contributed by atoms with Gasteiger partial charge >= 0.3 is 6.09 Å². The van der Waals surface area contributed by atoms with Crippen LogP contribution in [0.1, 0.15) is 12.8 Å². The first-order chi connectivity index (χ1) is 11.5. The van der Waals surface area contributed by atoms with Gasteiger partial charge in [0.1, 0.15) is 0 Å². The summed E-state index contributed by atoms with van der Waals surface area (Å²) in [6.45, 7) is 2.82. The number of carboxylic acid groups (broad SMARTS) is 1. The molecule has 3 heterocycles. The van der Waals surface area contributed by atoms with Gasteiger partial charge in [-0.2, -0.15) is 14.4 Å². The number of likely N-dealkylation sites (tertiary alicyclic amines) is 1. The minimum Gasteiger partial charge on any atom is -0.465 e. The van der Waals surface area contributed by atoms with Crippen LogP contribution in [0.5, 0.6) is 0 Å². The van der Waals surface area contributed by atoms with Crippen molar-refractivity contribution in [2.75, 3.05) is 49.6 Å². The number of nitrogens with zero attached hydrogens (tertiary/aromatic N) is 4. The van der Waals surface area contributed by atoms with Gasteiger partial charge in [-0.25, -0.2) is 4.79 Å². The number of rotatable bonds is 3. The first-order valence-electron chi connectivity index (χ1n) is 7.84. The third-order valence-corrected chi connectivity index (χ3v) is 4.32. The van der Waals surface area contributed by atoms with Crippen LogP contribution in [-0.4, -0.2) is 71.5 Å². The maximum atomic E-state index is 14.8. The van der Waals surface area contributed by atoms with Crippen LogP contribution in [0, 0.1) is 5.82 Å². The maximum Gasteiger partial charge on any atom is 0.407 e. The first kappa shape index (κ1) is 17.0. The van der Waals surface area contributed by atoms with E-state index in [1.807, 2.05) is 0 Å². The molecule has 2 aliphatic heterocycles. The van der Waals surface area contributed by atoms with Crippen LogP contribution in [0.3, 0.4) is 0 Å². The molecule has 2 N–H and O–H groups in total. The fraction of sp³-hybridized carbons (Fsp3) is 0.643. The molecule has 0 spiro atoms. The summed E-state index contributed by atoms with van der Waals surface area (Å²) in [5.74, 6) is -0.422. The van der Waals surface area contributed by atoms with Crippen molar-refractivity contribution in [1.82, 2.24) is 14.9 Å². The van der Waals surface area contributed by atoms with Gasteiger partial charge in [0.2, 0.25) is 11.1 Å². The molecule has 1 atom stereocenters. The van der Waals surface area contributed by atoms with Gasteiger partial charge < -0.3 is 25.0 Å². The Morgan fingerprint density at radius 3 is 2.79 bits per heavy atom. The molecule has 0 aliphatic carbocycles. The van der Waals surface area contributed by atoms with Crippen LogP contribution in [-0.2, 0) is 4.74 Å². The van der Waals surface area contributed by atoms with Crippen molar-refractivity contribution in [3.63, 3.8) is 0 Å². The van der Waals surface area contributed by atoms with Gasteiger partial charge in [-0.15, -0.1) is 0 Å². The van der Waals surface area contributed by atoms with Gasteiger partial charge in [-0.05, 0) is 24.4 Å². The van der Waals surface area contributed by atoms with Crippen molar-refractivity contribution in [2.24, 2.45) is 0 Å². The number of nitrogens with one attached hydrogen (secondary N) is 1. The summed E-state index contributed by atoms with van der Waals surface area (Å²) >= 11 is 5.95. The molecule has 1 unspecified atom stereocenters. The lowest BCUT2D eigenvalue weighted by molar-refractivity contribution is 0.122. The Hall–Kier alpha value is -1.87. The third-order valence-electron chi connectivity index (χ3n) is 4.15. The molecule has 8 nitrogen and oxygen atoms in total. The predicted octanol–water partition coefficient (Wildman–Crippen LogP) is 1.66. The number of anilines is 2. The summed E-state index contributed by atoms with van der Waals surface area (Å²) in [5.41, 5.74) is 0. The van der Waals surface area contributed by atoms with Crippen LogP contribution in [0.2, 0.25) is 5.28 Å². The number of carbonyl (C=O) groups is 1. The molecule has 1 aromatic rings. The smallest absolute Gasteiger partial charge is 0.407 e. The van der Waals surface area contributed by atoms with Crippen molar-refractivity contribution in [3.05, 3.63) is 11.1 Å². The van der Waals surface area contributed by atoms with Crippen molar-refractivity contribution in [2.45, 2.75) is 18.9 Å². The number of morpholine rings is 1. The Balaban J connectivity index is 1.77. The highest BCUT2D eigenvalue weighted by Gasteiger charge is 2.26. The highest BCUT2D eigenvalue weighted by Crippen LogP contribution is 2.26. The number of ether oxygens (including phenoxy) is 1. The Bertz CT molecular complexity index is 614. The van der Waals surface area contributed by atoms with E-state index in [0.717, 1.165) is 6.42 Å². The molecule has 2 saturated heterocycles. The van der Waals surface area contributed by atoms with Gasteiger partial charge in [0.15, 0.2) is 11.6 Å². The SMILES string of the molecule is O=C(O)N1CCCC(Nc2nc(Cl)nc(N3CCOCC3)c2F)C1. The molecule has 1 aromatic heterocycles. The first-order valence-corrected chi connectivity index (χ1v) is 8.22. The van der Waals surface area contributed by atoms with E-state index in [0.29, 0.717) is 39.3 Å². The Kier molecular flexibility index (Phi) is 5.20. The van der Waals surface area contributed by atoms with E-state index < -0.39 is 11.9 Å². The Morgan fingerprint density at radius 1 is 1.33 bits per heavy atom. The molecule has 0 aromatic carbocycles. The molecule has 2 fully saturated rings. The molecular weight excluding hydrogens is 341 g/mol. The van der Waals surface area contributed by atoms with Crippen LogP contribution >= 0.6 is 11.6 Å². The molecule has 24 heavy (non-hydrogen) atoms. The van der Waals surface area contributed by atoms with Gasteiger partial charge in [0, 0.05) is 32.2 Å². The van der Waals surface area contributed by atoms with Gasteiger partial charge in [0.05, 0.1) is 13.2 Å². The summed E-state index contributed by atoms with van der Waals surface area (Å²) in [4.78, 5) is 22.1. The van der Waals surface area contributed by atoms with Crippen molar-refractivity contribution in [3.8, 4) is 0 Å². The second-order valence-electron chi connectivity index (χ2n) is 5.79. The molecule has 3 rings (SSSR count). The molecule has 132 valence electrons. The van der Waals surface area contributed by atoms with Crippen molar-refractivity contribution in [1.29, 1.82) is 0 Å². The van der Waals surface area contributed by atoms with E-state index in [1.54, 1.807) is 4.90 Å². The van der Waals surface area contributed by atoms with Gasteiger partial charge in [-0.1, -0.05) is 0 Å². The van der Waals surface area contributed by atoms with Crippen molar-refractivity contribution >= 4 is 29.3 Å². The summed E-state index contributed by atoms with van der Waals surface area (Å²) in [5, 5.41) is 12.0. The zero-order valence-corrected chi connectivity index (χ0v) is 13.8. The second kappa shape index (κ2) is 7.35. The van der Waals surface area contributed by atoms with E-state index >= 15 is 0 Å². The lowest BCUT2D eigenvalue weighted by atomic mass is 10.1. The monoisotopic (exact) mass is 359 g/mol. The number of piperidine rings is 1. The molecule has 2 aliphatic rings. The number of amides is 1. The summed E-state index contributed by atoms with van der Waals surface area (Å²) in [6, 6.07) is -0.215.